The van der Waals surface area contributed by atoms with Gasteiger partial charge in [-0.3, -0.25) is 9.36 Å². The number of aryl methyl sites for hydroxylation is 1. The fraction of sp³-hybridized carbons (Fsp3) is 0.143. The molecule has 0 unspecified atom stereocenters. The van der Waals surface area contributed by atoms with E-state index in [1.807, 2.05) is 60.2 Å². The van der Waals surface area contributed by atoms with Gasteiger partial charge in [-0.05, 0) is 24.6 Å². The summed E-state index contributed by atoms with van der Waals surface area (Å²) >= 11 is 2.84. The van der Waals surface area contributed by atoms with E-state index >= 15 is 0 Å². The highest BCUT2D eigenvalue weighted by molar-refractivity contribution is 7.99. The Morgan fingerprint density at radius 2 is 1.93 bits per heavy atom. The number of carbonyl (C=O) groups is 1. The van der Waals surface area contributed by atoms with E-state index in [0.717, 1.165) is 17.0 Å². The Labute approximate surface area is 177 Å². The van der Waals surface area contributed by atoms with Crippen LogP contribution >= 0.6 is 23.1 Å². The first kappa shape index (κ1) is 19.4. The minimum absolute atomic E-state index is 0.117. The van der Waals surface area contributed by atoms with Gasteiger partial charge in [0, 0.05) is 23.2 Å². The van der Waals surface area contributed by atoms with Crippen molar-refractivity contribution in [1.82, 2.24) is 19.7 Å². The van der Waals surface area contributed by atoms with Crippen molar-refractivity contribution in [1.29, 1.82) is 0 Å². The third-order valence-corrected chi connectivity index (χ3v) is 6.04. The van der Waals surface area contributed by atoms with Crippen LogP contribution in [0.1, 0.15) is 16.0 Å². The molecule has 29 heavy (non-hydrogen) atoms. The molecule has 1 amide bonds. The lowest BCUT2D eigenvalue weighted by molar-refractivity contribution is -0.113. The predicted molar refractivity (Wildman–Crippen MR) is 117 cm³/mol. The zero-order valence-electron chi connectivity index (χ0n) is 15.8. The normalized spacial score (nSPS) is 10.8. The van der Waals surface area contributed by atoms with Crippen molar-refractivity contribution in [3.05, 3.63) is 83.1 Å². The molecular formula is C21H19N5OS2. The van der Waals surface area contributed by atoms with Crippen molar-refractivity contribution in [2.45, 2.75) is 18.5 Å². The summed E-state index contributed by atoms with van der Waals surface area (Å²) in [4.78, 5) is 17.8. The highest BCUT2D eigenvalue weighted by atomic mass is 32.2. The molecular weight excluding hydrogens is 402 g/mol. The van der Waals surface area contributed by atoms with Crippen LogP contribution in [0.4, 0.5) is 5.13 Å². The molecule has 146 valence electrons. The molecule has 0 saturated heterocycles. The molecule has 0 bridgehead atoms. The number of nitrogens with one attached hydrogen (secondary N) is 1. The van der Waals surface area contributed by atoms with E-state index in [2.05, 4.69) is 32.6 Å². The third-order valence-electron chi connectivity index (χ3n) is 4.18. The molecule has 2 aromatic heterocycles. The largest absolute Gasteiger partial charge is 0.301 e. The molecule has 0 fully saturated rings. The van der Waals surface area contributed by atoms with Crippen molar-refractivity contribution >= 4 is 34.1 Å². The Morgan fingerprint density at radius 3 is 2.72 bits per heavy atom. The molecule has 6 nitrogen and oxygen atoms in total. The lowest BCUT2D eigenvalue weighted by atomic mass is 10.1. The highest BCUT2D eigenvalue weighted by Gasteiger charge is 2.12. The Bertz CT molecular complexity index is 1090. The van der Waals surface area contributed by atoms with Crippen LogP contribution in [0.15, 0.2) is 72.3 Å². The lowest BCUT2D eigenvalue weighted by Crippen LogP contribution is -2.14. The van der Waals surface area contributed by atoms with E-state index in [0.29, 0.717) is 10.3 Å². The monoisotopic (exact) mass is 421 g/mol. The summed E-state index contributed by atoms with van der Waals surface area (Å²) in [6, 6.07) is 18.3. The van der Waals surface area contributed by atoms with Gasteiger partial charge in [-0.25, -0.2) is 4.98 Å². The van der Waals surface area contributed by atoms with Crippen LogP contribution in [0.5, 0.6) is 0 Å². The van der Waals surface area contributed by atoms with Gasteiger partial charge in [-0.2, -0.15) is 0 Å². The van der Waals surface area contributed by atoms with E-state index < -0.39 is 0 Å². The number of hydrogen-bond acceptors (Lipinski definition) is 6. The maximum atomic E-state index is 12.3. The summed E-state index contributed by atoms with van der Waals surface area (Å²) < 4.78 is 1.87. The highest BCUT2D eigenvalue weighted by Crippen LogP contribution is 2.23. The Kier molecular flexibility index (Phi) is 6.02. The number of nitrogens with zero attached hydrogens (tertiary/aromatic N) is 4. The molecule has 0 aliphatic carbocycles. The summed E-state index contributed by atoms with van der Waals surface area (Å²) in [5, 5.41) is 12.3. The second-order valence-corrected chi connectivity index (χ2v) is 8.51. The molecule has 0 atom stereocenters. The zero-order valence-corrected chi connectivity index (χ0v) is 17.4. The zero-order chi connectivity index (χ0) is 20.1. The van der Waals surface area contributed by atoms with Gasteiger partial charge in [0.05, 0.1) is 5.75 Å². The first-order chi connectivity index (χ1) is 14.2. The maximum absolute atomic E-state index is 12.3. The van der Waals surface area contributed by atoms with Crippen molar-refractivity contribution in [2.24, 2.45) is 0 Å². The van der Waals surface area contributed by atoms with Gasteiger partial charge in [-0.1, -0.05) is 59.8 Å². The van der Waals surface area contributed by atoms with Gasteiger partial charge in [0.15, 0.2) is 10.3 Å². The second-order valence-electron chi connectivity index (χ2n) is 6.45. The fourth-order valence-corrected chi connectivity index (χ4v) is 4.33. The van der Waals surface area contributed by atoms with Gasteiger partial charge in [0.1, 0.15) is 6.33 Å². The molecule has 0 aliphatic heterocycles. The van der Waals surface area contributed by atoms with Crippen LogP contribution in [0.3, 0.4) is 0 Å². The minimum Gasteiger partial charge on any atom is -0.301 e. The van der Waals surface area contributed by atoms with Crippen LogP contribution in [0, 0.1) is 6.92 Å². The first-order valence-corrected chi connectivity index (χ1v) is 10.9. The minimum atomic E-state index is -0.117. The second kappa shape index (κ2) is 9.02. The molecule has 8 heteroatoms. The topological polar surface area (TPSA) is 72.7 Å². The molecule has 2 heterocycles. The molecule has 0 aliphatic rings. The third kappa shape index (κ3) is 5.10. The molecule has 4 aromatic rings. The van der Waals surface area contributed by atoms with E-state index in [-0.39, 0.29) is 11.7 Å². The summed E-state index contributed by atoms with van der Waals surface area (Å²) in [5.74, 6) is 0.118. The number of hydrogen-bond donors (Lipinski definition) is 1. The van der Waals surface area contributed by atoms with Gasteiger partial charge in [-0.15, -0.1) is 21.5 Å². The summed E-state index contributed by atoms with van der Waals surface area (Å²) in [7, 11) is 0. The van der Waals surface area contributed by atoms with E-state index in [1.165, 1.54) is 34.2 Å². The van der Waals surface area contributed by atoms with Crippen molar-refractivity contribution in [3.8, 4) is 5.69 Å². The standard InChI is InChI=1S/C21H19N5OS2/c1-15-7-9-17(10-8-15)26-14-23-25-21(26)28-13-19(27)24-20-22-12-18(29-20)11-16-5-3-2-4-6-16/h2-10,12,14H,11,13H2,1H3,(H,22,24,27). The van der Waals surface area contributed by atoms with Crippen LogP contribution < -0.4 is 5.32 Å². The Hall–Kier alpha value is -2.97. The smallest absolute Gasteiger partial charge is 0.236 e. The first-order valence-electron chi connectivity index (χ1n) is 9.06. The van der Waals surface area contributed by atoms with Crippen LogP contribution in [0.25, 0.3) is 5.69 Å². The summed E-state index contributed by atoms with van der Waals surface area (Å²) in [6.45, 7) is 2.04. The molecule has 4 rings (SSSR count). The summed E-state index contributed by atoms with van der Waals surface area (Å²) in [5.41, 5.74) is 3.37. The van der Waals surface area contributed by atoms with E-state index in [9.17, 15) is 4.79 Å². The van der Waals surface area contributed by atoms with Gasteiger partial charge < -0.3 is 5.32 Å². The SMILES string of the molecule is Cc1ccc(-n2cnnc2SCC(=O)Nc2ncc(Cc3ccccc3)s2)cc1. The quantitative estimate of drug-likeness (QED) is 0.449. The number of amides is 1. The molecule has 0 spiro atoms. The Balaban J connectivity index is 1.33. The lowest BCUT2D eigenvalue weighted by Gasteiger charge is -2.06. The maximum Gasteiger partial charge on any atom is 0.236 e. The predicted octanol–water partition coefficient (Wildman–Crippen LogP) is 4.35. The number of thiazole rings is 1. The number of aromatic nitrogens is 4. The van der Waals surface area contributed by atoms with Crippen molar-refractivity contribution in [3.63, 3.8) is 0 Å². The Morgan fingerprint density at radius 1 is 1.14 bits per heavy atom. The van der Waals surface area contributed by atoms with E-state index in [1.54, 1.807) is 6.33 Å². The van der Waals surface area contributed by atoms with Gasteiger partial charge in [0.2, 0.25) is 5.91 Å². The molecule has 0 radical (unpaired) electrons. The van der Waals surface area contributed by atoms with Crippen molar-refractivity contribution < 1.29 is 4.79 Å². The molecule has 1 N–H and O–H groups in total. The number of rotatable bonds is 7. The van der Waals surface area contributed by atoms with Crippen LogP contribution in [-0.2, 0) is 11.2 Å². The van der Waals surface area contributed by atoms with Gasteiger partial charge in [0.25, 0.3) is 0 Å². The van der Waals surface area contributed by atoms with Crippen LogP contribution in [-0.4, -0.2) is 31.4 Å². The average Bonchev–Trinajstić information content (AvgIpc) is 3.37. The fourth-order valence-electron chi connectivity index (χ4n) is 2.73. The molecule has 2 aromatic carbocycles. The number of anilines is 1. The van der Waals surface area contributed by atoms with Gasteiger partial charge >= 0.3 is 0 Å². The van der Waals surface area contributed by atoms with Crippen molar-refractivity contribution in [2.75, 3.05) is 11.1 Å². The molecule has 0 saturated carbocycles. The van der Waals surface area contributed by atoms with Crippen LogP contribution in [0.2, 0.25) is 0 Å². The number of benzene rings is 2. The number of carbonyl (C=O) groups excluding carboxylic acids is 1. The van der Waals surface area contributed by atoms with E-state index in [4.69, 9.17) is 0 Å². The average molecular weight is 422 g/mol. The summed E-state index contributed by atoms with van der Waals surface area (Å²) in [6.07, 6.45) is 4.28. The number of thioether (sulfide) groups is 1.